The average Bonchev–Trinajstić information content (AvgIpc) is 2.78. The van der Waals surface area contributed by atoms with E-state index in [9.17, 15) is 0 Å². The zero-order valence-corrected chi connectivity index (χ0v) is 12.5. The van der Waals surface area contributed by atoms with Crippen LogP contribution in [0.25, 0.3) is 5.69 Å². The lowest BCUT2D eigenvalue weighted by Gasteiger charge is -2.07. The number of aromatic nitrogens is 2. The first-order chi connectivity index (χ1) is 8.56. The molecule has 0 saturated carbocycles. The van der Waals surface area contributed by atoms with Crippen LogP contribution in [0.3, 0.4) is 0 Å². The Balaban J connectivity index is 2.21. The molecule has 3 nitrogen and oxygen atoms in total. The molecule has 0 amide bonds. The Morgan fingerprint density at radius 2 is 2.11 bits per heavy atom. The van der Waals surface area contributed by atoms with Crippen LogP contribution >= 0.6 is 15.9 Å². The lowest BCUT2D eigenvalue weighted by atomic mass is 10.2. The van der Waals surface area contributed by atoms with E-state index in [0.717, 1.165) is 22.4 Å². The van der Waals surface area contributed by atoms with Gasteiger partial charge in [-0.1, -0.05) is 35.8 Å². The molecule has 1 heterocycles. The van der Waals surface area contributed by atoms with Crippen molar-refractivity contribution in [3.63, 3.8) is 0 Å². The van der Waals surface area contributed by atoms with Crippen molar-refractivity contribution in [3.8, 4) is 5.69 Å². The first-order valence-electron chi connectivity index (χ1n) is 6.10. The zero-order valence-electron chi connectivity index (χ0n) is 10.9. The summed E-state index contributed by atoms with van der Waals surface area (Å²) in [5, 5.41) is 7.96. The molecule has 18 heavy (non-hydrogen) atoms. The van der Waals surface area contributed by atoms with Gasteiger partial charge in [0.05, 0.1) is 11.4 Å². The van der Waals surface area contributed by atoms with Crippen molar-refractivity contribution in [2.24, 2.45) is 0 Å². The standard InChI is InChI=1S/C14H18BrN3/c1-10(2)16-9-13-6-7-18(17-13)14-8-12(15)5-4-11(14)3/h4-8,10,16H,9H2,1-3H3. The quantitative estimate of drug-likeness (QED) is 0.937. The van der Waals surface area contributed by atoms with Crippen LogP contribution in [-0.4, -0.2) is 15.8 Å². The maximum Gasteiger partial charge on any atom is 0.0766 e. The van der Waals surface area contributed by atoms with Crippen molar-refractivity contribution in [2.45, 2.75) is 33.4 Å². The number of hydrogen-bond donors (Lipinski definition) is 1. The van der Waals surface area contributed by atoms with Gasteiger partial charge in [-0.3, -0.25) is 0 Å². The molecule has 0 saturated heterocycles. The van der Waals surface area contributed by atoms with Gasteiger partial charge in [0.2, 0.25) is 0 Å². The topological polar surface area (TPSA) is 29.9 Å². The molecule has 0 radical (unpaired) electrons. The Morgan fingerprint density at radius 1 is 1.33 bits per heavy atom. The molecular formula is C14H18BrN3. The fourth-order valence-electron chi connectivity index (χ4n) is 1.73. The second-order valence-electron chi connectivity index (χ2n) is 4.72. The first-order valence-corrected chi connectivity index (χ1v) is 6.90. The normalized spacial score (nSPS) is 11.2. The van der Waals surface area contributed by atoms with E-state index >= 15 is 0 Å². The van der Waals surface area contributed by atoms with Gasteiger partial charge in [-0.05, 0) is 30.7 Å². The lowest BCUT2D eigenvalue weighted by Crippen LogP contribution is -2.22. The van der Waals surface area contributed by atoms with Crippen molar-refractivity contribution in [2.75, 3.05) is 0 Å². The molecular weight excluding hydrogens is 290 g/mol. The minimum atomic E-state index is 0.475. The highest BCUT2D eigenvalue weighted by atomic mass is 79.9. The summed E-state index contributed by atoms with van der Waals surface area (Å²) in [6, 6.07) is 8.75. The van der Waals surface area contributed by atoms with Crippen molar-refractivity contribution in [1.82, 2.24) is 15.1 Å². The third-order valence-corrected chi connectivity index (χ3v) is 3.25. The third-order valence-electron chi connectivity index (χ3n) is 2.75. The third kappa shape index (κ3) is 3.21. The average molecular weight is 308 g/mol. The Kier molecular flexibility index (Phi) is 4.19. The van der Waals surface area contributed by atoms with E-state index in [4.69, 9.17) is 0 Å². The fraction of sp³-hybridized carbons (Fsp3) is 0.357. The predicted molar refractivity (Wildman–Crippen MR) is 78.0 cm³/mol. The number of rotatable bonds is 4. The number of hydrogen-bond acceptors (Lipinski definition) is 2. The van der Waals surface area contributed by atoms with Crippen LogP contribution in [0.2, 0.25) is 0 Å². The zero-order chi connectivity index (χ0) is 13.1. The molecule has 0 atom stereocenters. The maximum atomic E-state index is 4.59. The highest BCUT2D eigenvalue weighted by molar-refractivity contribution is 9.10. The van der Waals surface area contributed by atoms with Gasteiger partial charge in [-0.2, -0.15) is 5.10 Å². The minimum Gasteiger partial charge on any atom is -0.309 e. The van der Waals surface area contributed by atoms with Crippen molar-refractivity contribution >= 4 is 15.9 Å². The summed E-state index contributed by atoms with van der Waals surface area (Å²) >= 11 is 3.50. The van der Waals surface area contributed by atoms with Crippen LogP contribution in [0.4, 0.5) is 0 Å². The number of halogens is 1. The van der Waals surface area contributed by atoms with Gasteiger partial charge in [0, 0.05) is 23.3 Å². The largest absolute Gasteiger partial charge is 0.309 e. The summed E-state index contributed by atoms with van der Waals surface area (Å²) in [6.07, 6.45) is 2.01. The smallest absolute Gasteiger partial charge is 0.0766 e. The highest BCUT2D eigenvalue weighted by Crippen LogP contribution is 2.19. The molecule has 0 unspecified atom stereocenters. The number of benzene rings is 1. The molecule has 4 heteroatoms. The highest BCUT2D eigenvalue weighted by Gasteiger charge is 2.05. The van der Waals surface area contributed by atoms with Gasteiger partial charge in [-0.25, -0.2) is 4.68 Å². The van der Waals surface area contributed by atoms with E-state index in [2.05, 4.69) is 65.3 Å². The minimum absolute atomic E-state index is 0.475. The summed E-state index contributed by atoms with van der Waals surface area (Å²) in [5.41, 5.74) is 3.38. The van der Waals surface area contributed by atoms with Gasteiger partial charge >= 0.3 is 0 Å². The Morgan fingerprint density at radius 3 is 2.83 bits per heavy atom. The first kappa shape index (κ1) is 13.3. The molecule has 1 aromatic heterocycles. The molecule has 0 aliphatic heterocycles. The maximum absolute atomic E-state index is 4.59. The second kappa shape index (κ2) is 5.67. The molecule has 0 spiro atoms. The van der Waals surface area contributed by atoms with E-state index in [1.807, 2.05) is 16.9 Å². The SMILES string of the molecule is Cc1ccc(Br)cc1-n1ccc(CNC(C)C)n1. The summed E-state index contributed by atoms with van der Waals surface area (Å²) < 4.78 is 3.00. The van der Waals surface area contributed by atoms with Gasteiger partial charge in [0.15, 0.2) is 0 Å². The number of nitrogens with zero attached hydrogens (tertiary/aromatic N) is 2. The Labute approximate surface area is 116 Å². The van der Waals surface area contributed by atoms with Crippen LogP contribution in [0, 0.1) is 6.92 Å². The van der Waals surface area contributed by atoms with Gasteiger partial charge in [-0.15, -0.1) is 0 Å². The second-order valence-corrected chi connectivity index (χ2v) is 5.63. The molecule has 1 aromatic carbocycles. The van der Waals surface area contributed by atoms with E-state index in [1.165, 1.54) is 5.56 Å². The van der Waals surface area contributed by atoms with Crippen molar-refractivity contribution in [1.29, 1.82) is 0 Å². The monoisotopic (exact) mass is 307 g/mol. The summed E-state index contributed by atoms with van der Waals surface area (Å²) in [6.45, 7) is 7.16. The predicted octanol–water partition coefficient (Wildman–Crippen LogP) is 3.44. The fourth-order valence-corrected chi connectivity index (χ4v) is 2.08. The lowest BCUT2D eigenvalue weighted by molar-refractivity contribution is 0.578. The van der Waals surface area contributed by atoms with Gasteiger partial charge in [0.1, 0.15) is 0 Å². The molecule has 96 valence electrons. The van der Waals surface area contributed by atoms with Crippen molar-refractivity contribution < 1.29 is 0 Å². The van der Waals surface area contributed by atoms with E-state index in [-0.39, 0.29) is 0 Å². The Bertz CT molecular complexity index is 532. The summed E-state index contributed by atoms with van der Waals surface area (Å²) in [7, 11) is 0. The number of nitrogens with one attached hydrogen (secondary N) is 1. The summed E-state index contributed by atoms with van der Waals surface area (Å²) in [4.78, 5) is 0. The van der Waals surface area contributed by atoms with Crippen LogP contribution in [0.15, 0.2) is 34.9 Å². The Hall–Kier alpha value is -1.13. The molecule has 0 fully saturated rings. The van der Waals surface area contributed by atoms with Gasteiger partial charge in [0.25, 0.3) is 0 Å². The van der Waals surface area contributed by atoms with Crippen LogP contribution in [-0.2, 0) is 6.54 Å². The van der Waals surface area contributed by atoms with E-state index < -0.39 is 0 Å². The molecule has 0 aliphatic carbocycles. The summed E-state index contributed by atoms with van der Waals surface area (Å²) in [5.74, 6) is 0. The molecule has 0 aliphatic rings. The van der Waals surface area contributed by atoms with E-state index in [1.54, 1.807) is 0 Å². The molecule has 1 N–H and O–H groups in total. The van der Waals surface area contributed by atoms with Crippen LogP contribution in [0.5, 0.6) is 0 Å². The van der Waals surface area contributed by atoms with E-state index in [0.29, 0.717) is 6.04 Å². The van der Waals surface area contributed by atoms with Crippen LogP contribution < -0.4 is 5.32 Å². The molecule has 2 rings (SSSR count). The van der Waals surface area contributed by atoms with Gasteiger partial charge < -0.3 is 5.32 Å². The number of aryl methyl sites for hydroxylation is 1. The van der Waals surface area contributed by atoms with Crippen molar-refractivity contribution in [3.05, 3.63) is 46.2 Å². The van der Waals surface area contributed by atoms with Crippen LogP contribution in [0.1, 0.15) is 25.1 Å². The molecule has 0 bridgehead atoms. The molecule has 2 aromatic rings.